The molecule has 1 rings (SSSR count). The number of hydrogen-bond acceptors (Lipinski definition) is 2. The zero-order valence-electron chi connectivity index (χ0n) is 10.3. The van der Waals surface area contributed by atoms with E-state index in [2.05, 4.69) is 5.32 Å². The molecular formula is C13H19NO2. The van der Waals surface area contributed by atoms with Crippen molar-refractivity contribution >= 4 is 5.91 Å². The van der Waals surface area contributed by atoms with Crippen LogP contribution < -0.4 is 5.32 Å². The molecule has 0 heterocycles. The normalized spacial score (nSPS) is 12.2. The Hall–Kier alpha value is -1.35. The molecule has 0 aliphatic carbocycles. The number of carbonyl (C=O) groups is 1. The first-order chi connectivity index (χ1) is 7.54. The van der Waals surface area contributed by atoms with Crippen LogP contribution in [0.25, 0.3) is 0 Å². The highest BCUT2D eigenvalue weighted by atomic mass is 16.5. The molecule has 0 spiro atoms. The fraction of sp³-hybridized carbons (Fsp3) is 0.462. The van der Waals surface area contributed by atoms with Gasteiger partial charge in [0.05, 0.1) is 6.10 Å². The van der Waals surface area contributed by atoms with Gasteiger partial charge in [0.1, 0.15) is 0 Å². The molecule has 1 atom stereocenters. The summed E-state index contributed by atoms with van der Waals surface area (Å²) < 4.78 is 5.07. The van der Waals surface area contributed by atoms with Crippen molar-refractivity contribution in [2.45, 2.75) is 26.9 Å². The van der Waals surface area contributed by atoms with Crippen molar-refractivity contribution in [1.82, 2.24) is 5.32 Å². The Kier molecular flexibility index (Phi) is 4.50. The zero-order valence-corrected chi connectivity index (χ0v) is 10.3. The van der Waals surface area contributed by atoms with Crippen molar-refractivity contribution in [2.24, 2.45) is 0 Å². The standard InChI is InChI=1S/C13H19NO2/c1-9-5-6-12(10(2)7-9)13(15)14-8-11(3)16-4/h5-7,11H,8H2,1-4H3,(H,14,15). The smallest absolute Gasteiger partial charge is 0.251 e. The Morgan fingerprint density at radius 3 is 2.69 bits per heavy atom. The van der Waals surface area contributed by atoms with Crippen molar-refractivity contribution in [3.8, 4) is 0 Å². The van der Waals surface area contributed by atoms with Crippen LogP contribution in [-0.2, 0) is 4.74 Å². The Labute approximate surface area is 96.8 Å². The van der Waals surface area contributed by atoms with Crippen molar-refractivity contribution in [1.29, 1.82) is 0 Å². The molecule has 3 heteroatoms. The predicted molar refractivity (Wildman–Crippen MR) is 64.7 cm³/mol. The predicted octanol–water partition coefficient (Wildman–Crippen LogP) is 2.07. The van der Waals surface area contributed by atoms with Gasteiger partial charge < -0.3 is 10.1 Å². The van der Waals surface area contributed by atoms with Gasteiger partial charge in [0, 0.05) is 19.2 Å². The third-order valence-electron chi connectivity index (χ3n) is 2.58. The van der Waals surface area contributed by atoms with E-state index in [4.69, 9.17) is 4.74 Å². The summed E-state index contributed by atoms with van der Waals surface area (Å²) in [6.07, 6.45) is 0.0368. The van der Waals surface area contributed by atoms with E-state index in [1.807, 2.05) is 39.0 Å². The summed E-state index contributed by atoms with van der Waals surface area (Å²) >= 11 is 0. The molecule has 1 aromatic rings. The highest BCUT2D eigenvalue weighted by Gasteiger charge is 2.09. The first kappa shape index (κ1) is 12.7. The number of carbonyl (C=O) groups excluding carboxylic acids is 1. The van der Waals surface area contributed by atoms with E-state index in [0.29, 0.717) is 6.54 Å². The van der Waals surface area contributed by atoms with Crippen LogP contribution in [0.15, 0.2) is 18.2 Å². The lowest BCUT2D eigenvalue weighted by molar-refractivity contribution is 0.0870. The van der Waals surface area contributed by atoms with Crippen molar-refractivity contribution in [2.75, 3.05) is 13.7 Å². The van der Waals surface area contributed by atoms with Crippen LogP contribution >= 0.6 is 0 Å². The molecule has 88 valence electrons. The van der Waals surface area contributed by atoms with Crippen LogP contribution in [-0.4, -0.2) is 25.7 Å². The summed E-state index contributed by atoms with van der Waals surface area (Å²) in [6, 6.07) is 5.81. The van der Waals surface area contributed by atoms with E-state index in [0.717, 1.165) is 11.1 Å². The molecule has 1 N–H and O–H groups in total. The number of aryl methyl sites for hydroxylation is 2. The fourth-order valence-electron chi connectivity index (χ4n) is 1.48. The lowest BCUT2D eigenvalue weighted by atomic mass is 10.1. The van der Waals surface area contributed by atoms with E-state index in [9.17, 15) is 4.79 Å². The number of amides is 1. The maximum absolute atomic E-state index is 11.8. The van der Waals surface area contributed by atoms with Crippen LogP contribution in [0, 0.1) is 13.8 Å². The first-order valence-electron chi connectivity index (χ1n) is 5.43. The number of nitrogens with one attached hydrogen (secondary N) is 1. The number of methoxy groups -OCH3 is 1. The van der Waals surface area contributed by atoms with Gasteiger partial charge >= 0.3 is 0 Å². The molecule has 3 nitrogen and oxygen atoms in total. The summed E-state index contributed by atoms with van der Waals surface area (Å²) in [7, 11) is 1.63. The number of ether oxygens (including phenoxy) is 1. The molecule has 1 aromatic carbocycles. The van der Waals surface area contributed by atoms with Gasteiger partial charge in [-0.25, -0.2) is 0 Å². The van der Waals surface area contributed by atoms with Crippen LogP contribution in [0.2, 0.25) is 0 Å². The molecule has 0 fully saturated rings. The van der Waals surface area contributed by atoms with Crippen molar-refractivity contribution in [3.05, 3.63) is 34.9 Å². The van der Waals surface area contributed by atoms with E-state index in [1.165, 1.54) is 5.56 Å². The topological polar surface area (TPSA) is 38.3 Å². The zero-order chi connectivity index (χ0) is 12.1. The highest BCUT2D eigenvalue weighted by molar-refractivity contribution is 5.95. The van der Waals surface area contributed by atoms with Crippen molar-refractivity contribution < 1.29 is 9.53 Å². The van der Waals surface area contributed by atoms with Gasteiger partial charge in [-0.2, -0.15) is 0 Å². The molecule has 0 saturated heterocycles. The minimum atomic E-state index is -0.0404. The second kappa shape index (κ2) is 5.66. The quantitative estimate of drug-likeness (QED) is 0.845. The number of rotatable bonds is 4. The molecule has 0 aromatic heterocycles. The first-order valence-corrected chi connectivity index (χ1v) is 5.43. The van der Waals surface area contributed by atoms with Gasteiger partial charge in [-0.1, -0.05) is 17.7 Å². The van der Waals surface area contributed by atoms with E-state index >= 15 is 0 Å². The molecule has 1 amide bonds. The fourth-order valence-corrected chi connectivity index (χ4v) is 1.48. The summed E-state index contributed by atoms with van der Waals surface area (Å²) in [5.74, 6) is -0.0404. The van der Waals surface area contributed by atoms with Crippen molar-refractivity contribution in [3.63, 3.8) is 0 Å². The molecule has 0 bridgehead atoms. The highest BCUT2D eigenvalue weighted by Crippen LogP contribution is 2.10. The second-order valence-corrected chi connectivity index (χ2v) is 4.07. The summed E-state index contributed by atoms with van der Waals surface area (Å²) in [5.41, 5.74) is 2.90. The molecule has 0 aliphatic rings. The average molecular weight is 221 g/mol. The molecule has 16 heavy (non-hydrogen) atoms. The lowest BCUT2D eigenvalue weighted by Gasteiger charge is -2.12. The number of benzene rings is 1. The summed E-state index contributed by atoms with van der Waals surface area (Å²) in [5, 5.41) is 2.85. The Balaban J connectivity index is 2.66. The Morgan fingerprint density at radius 2 is 2.12 bits per heavy atom. The van der Waals surface area contributed by atoms with E-state index in [1.54, 1.807) is 7.11 Å². The van der Waals surface area contributed by atoms with Gasteiger partial charge in [0.2, 0.25) is 0 Å². The van der Waals surface area contributed by atoms with Crippen LogP contribution in [0.5, 0.6) is 0 Å². The molecule has 0 aliphatic heterocycles. The molecule has 0 saturated carbocycles. The lowest BCUT2D eigenvalue weighted by Crippen LogP contribution is -2.31. The van der Waals surface area contributed by atoms with Crippen LogP contribution in [0.3, 0.4) is 0 Å². The molecular weight excluding hydrogens is 202 g/mol. The third-order valence-corrected chi connectivity index (χ3v) is 2.58. The minimum Gasteiger partial charge on any atom is -0.380 e. The Morgan fingerprint density at radius 1 is 1.44 bits per heavy atom. The number of hydrogen-bond donors (Lipinski definition) is 1. The largest absolute Gasteiger partial charge is 0.380 e. The van der Waals surface area contributed by atoms with Crippen LogP contribution in [0.4, 0.5) is 0 Å². The van der Waals surface area contributed by atoms with Gasteiger partial charge in [-0.3, -0.25) is 4.79 Å². The van der Waals surface area contributed by atoms with Gasteiger partial charge in [0.25, 0.3) is 5.91 Å². The third kappa shape index (κ3) is 3.35. The summed E-state index contributed by atoms with van der Waals surface area (Å²) in [6.45, 7) is 6.41. The molecule has 1 unspecified atom stereocenters. The second-order valence-electron chi connectivity index (χ2n) is 4.07. The Bertz CT molecular complexity index is 374. The van der Waals surface area contributed by atoms with Gasteiger partial charge in [-0.15, -0.1) is 0 Å². The monoisotopic (exact) mass is 221 g/mol. The van der Waals surface area contributed by atoms with Gasteiger partial charge in [-0.05, 0) is 32.4 Å². The SMILES string of the molecule is COC(C)CNC(=O)c1ccc(C)cc1C. The van der Waals surface area contributed by atoms with E-state index < -0.39 is 0 Å². The summed E-state index contributed by atoms with van der Waals surface area (Å²) in [4.78, 5) is 11.8. The maximum Gasteiger partial charge on any atom is 0.251 e. The average Bonchev–Trinajstić information content (AvgIpc) is 2.25. The van der Waals surface area contributed by atoms with Crippen LogP contribution in [0.1, 0.15) is 28.4 Å². The van der Waals surface area contributed by atoms with Gasteiger partial charge in [0.15, 0.2) is 0 Å². The maximum atomic E-state index is 11.8. The molecule has 0 radical (unpaired) electrons. The van der Waals surface area contributed by atoms with E-state index in [-0.39, 0.29) is 12.0 Å². The minimum absolute atomic E-state index is 0.0368.